The summed E-state index contributed by atoms with van der Waals surface area (Å²) in [5, 5.41) is 10.2. The standard InChI is InChI=1S/C11H10N8/c1-2-18-10-7(4-15-18)8-6(3-13-10)9(12)17-11-14-5-16-19(8)11/h3-5H,2H2,1H3,(H2,12,14,16,17). The number of aryl methyl sites for hydroxylation is 1. The highest BCUT2D eigenvalue weighted by Crippen LogP contribution is 2.26. The highest BCUT2D eigenvalue weighted by Gasteiger charge is 2.14. The van der Waals surface area contributed by atoms with Gasteiger partial charge in [-0.05, 0) is 6.92 Å². The summed E-state index contributed by atoms with van der Waals surface area (Å²) < 4.78 is 3.49. The Bertz CT molecular complexity index is 919. The Labute approximate surface area is 106 Å². The number of hydrogen-bond acceptors (Lipinski definition) is 6. The molecular weight excluding hydrogens is 244 g/mol. The van der Waals surface area contributed by atoms with Crippen LogP contribution in [0.3, 0.4) is 0 Å². The van der Waals surface area contributed by atoms with Gasteiger partial charge in [-0.3, -0.25) is 0 Å². The Morgan fingerprint density at radius 2 is 2.05 bits per heavy atom. The molecule has 4 aromatic rings. The maximum atomic E-state index is 5.95. The van der Waals surface area contributed by atoms with Gasteiger partial charge < -0.3 is 5.73 Å². The zero-order chi connectivity index (χ0) is 13.0. The SMILES string of the molecule is CCn1ncc2c1ncc1c(N)nc3ncnn3c12. The van der Waals surface area contributed by atoms with Gasteiger partial charge in [0.2, 0.25) is 0 Å². The van der Waals surface area contributed by atoms with E-state index in [1.54, 1.807) is 16.9 Å². The van der Waals surface area contributed by atoms with Crippen LogP contribution < -0.4 is 5.73 Å². The molecule has 0 spiro atoms. The predicted molar refractivity (Wildman–Crippen MR) is 69.5 cm³/mol. The molecule has 0 amide bonds. The zero-order valence-corrected chi connectivity index (χ0v) is 10.1. The average Bonchev–Trinajstić information content (AvgIpc) is 3.03. The number of nitrogens with zero attached hydrogens (tertiary/aromatic N) is 7. The van der Waals surface area contributed by atoms with Crippen LogP contribution in [0, 0.1) is 0 Å². The molecule has 0 saturated carbocycles. The predicted octanol–water partition coefficient (Wildman–Crippen LogP) is 0.624. The summed E-state index contributed by atoms with van der Waals surface area (Å²) in [5.41, 5.74) is 7.59. The van der Waals surface area contributed by atoms with Crippen molar-refractivity contribution in [3.8, 4) is 0 Å². The third kappa shape index (κ3) is 1.20. The van der Waals surface area contributed by atoms with Crippen LogP contribution in [0.2, 0.25) is 0 Å². The van der Waals surface area contributed by atoms with Crippen molar-refractivity contribution in [1.29, 1.82) is 0 Å². The third-order valence-electron chi connectivity index (χ3n) is 3.18. The molecule has 2 N–H and O–H groups in total. The number of aromatic nitrogens is 7. The lowest BCUT2D eigenvalue weighted by Crippen LogP contribution is -2.02. The monoisotopic (exact) mass is 254 g/mol. The molecule has 0 aromatic carbocycles. The Morgan fingerprint density at radius 3 is 2.89 bits per heavy atom. The molecule has 0 radical (unpaired) electrons. The molecular formula is C11H10N8. The normalized spacial score (nSPS) is 11.8. The third-order valence-corrected chi connectivity index (χ3v) is 3.18. The Balaban J connectivity index is 2.33. The van der Waals surface area contributed by atoms with Crippen LogP contribution in [0.4, 0.5) is 5.82 Å². The first kappa shape index (κ1) is 10.2. The summed E-state index contributed by atoms with van der Waals surface area (Å²) in [6.45, 7) is 2.77. The van der Waals surface area contributed by atoms with E-state index in [0.717, 1.165) is 28.5 Å². The van der Waals surface area contributed by atoms with E-state index >= 15 is 0 Å². The molecule has 8 heteroatoms. The molecule has 0 atom stereocenters. The van der Waals surface area contributed by atoms with Crippen molar-refractivity contribution in [1.82, 2.24) is 34.3 Å². The van der Waals surface area contributed by atoms with E-state index in [9.17, 15) is 0 Å². The topological polar surface area (TPSA) is 99.8 Å². The maximum Gasteiger partial charge on any atom is 0.254 e. The van der Waals surface area contributed by atoms with Crippen molar-refractivity contribution in [2.24, 2.45) is 0 Å². The lowest BCUT2D eigenvalue weighted by Gasteiger charge is -2.04. The van der Waals surface area contributed by atoms with Crippen molar-refractivity contribution >= 4 is 33.5 Å². The van der Waals surface area contributed by atoms with E-state index < -0.39 is 0 Å². The van der Waals surface area contributed by atoms with E-state index in [4.69, 9.17) is 5.73 Å². The van der Waals surface area contributed by atoms with Gasteiger partial charge >= 0.3 is 0 Å². The van der Waals surface area contributed by atoms with Gasteiger partial charge in [0.05, 0.1) is 22.5 Å². The van der Waals surface area contributed by atoms with E-state index in [0.29, 0.717) is 11.6 Å². The molecule has 8 nitrogen and oxygen atoms in total. The second-order valence-electron chi connectivity index (χ2n) is 4.19. The van der Waals surface area contributed by atoms with Crippen LogP contribution in [0.5, 0.6) is 0 Å². The first-order chi connectivity index (χ1) is 9.29. The van der Waals surface area contributed by atoms with Crippen LogP contribution in [-0.4, -0.2) is 34.3 Å². The molecule has 19 heavy (non-hydrogen) atoms. The molecule has 0 aliphatic rings. The summed E-state index contributed by atoms with van der Waals surface area (Å²) >= 11 is 0. The number of nitrogens with two attached hydrogens (primary N) is 1. The van der Waals surface area contributed by atoms with Gasteiger partial charge in [0, 0.05) is 12.7 Å². The largest absolute Gasteiger partial charge is 0.383 e. The molecule has 4 rings (SSSR count). The molecule has 0 aliphatic carbocycles. The molecule has 94 valence electrons. The minimum atomic E-state index is 0.397. The number of pyridine rings is 1. The van der Waals surface area contributed by atoms with Gasteiger partial charge in [-0.15, -0.1) is 0 Å². The summed E-state index contributed by atoms with van der Waals surface area (Å²) in [7, 11) is 0. The van der Waals surface area contributed by atoms with Crippen LogP contribution in [0.1, 0.15) is 6.92 Å². The summed E-state index contributed by atoms with van der Waals surface area (Å²) in [6, 6.07) is 0. The number of anilines is 1. The summed E-state index contributed by atoms with van der Waals surface area (Å²) in [6.07, 6.45) is 4.93. The minimum absolute atomic E-state index is 0.397. The van der Waals surface area contributed by atoms with E-state index in [1.807, 2.05) is 11.6 Å². The van der Waals surface area contributed by atoms with Crippen molar-refractivity contribution in [2.75, 3.05) is 5.73 Å². The van der Waals surface area contributed by atoms with E-state index in [1.165, 1.54) is 6.33 Å². The number of hydrogen-bond donors (Lipinski definition) is 1. The van der Waals surface area contributed by atoms with Crippen LogP contribution in [0.25, 0.3) is 27.7 Å². The van der Waals surface area contributed by atoms with Gasteiger partial charge in [0.25, 0.3) is 5.78 Å². The van der Waals surface area contributed by atoms with Crippen molar-refractivity contribution in [2.45, 2.75) is 13.5 Å². The van der Waals surface area contributed by atoms with Gasteiger partial charge in [-0.25, -0.2) is 9.67 Å². The second kappa shape index (κ2) is 3.37. The summed E-state index contributed by atoms with van der Waals surface area (Å²) in [4.78, 5) is 12.7. The molecule has 0 bridgehead atoms. The maximum absolute atomic E-state index is 5.95. The van der Waals surface area contributed by atoms with Crippen molar-refractivity contribution in [3.63, 3.8) is 0 Å². The first-order valence-corrected chi connectivity index (χ1v) is 5.89. The van der Waals surface area contributed by atoms with E-state index in [2.05, 4.69) is 25.1 Å². The van der Waals surface area contributed by atoms with Crippen LogP contribution in [-0.2, 0) is 6.54 Å². The fraction of sp³-hybridized carbons (Fsp3) is 0.182. The van der Waals surface area contributed by atoms with Gasteiger partial charge in [0.15, 0.2) is 5.65 Å². The highest BCUT2D eigenvalue weighted by atomic mass is 15.3. The molecule has 0 aliphatic heterocycles. The fourth-order valence-electron chi connectivity index (χ4n) is 2.30. The number of nitrogen functional groups attached to an aromatic ring is 1. The van der Waals surface area contributed by atoms with Crippen LogP contribution >= 0.6 is 0 Å². The Kier molecular flexibility index (Phi) is 1.81. The minimum Gasteiger partial charge on any atom is -0.383 e. The fourth-order valence-corrected chi connectivity index (χ4v) is 2.30. The zero-order valence-electron chi connectivity index (χ0n) is 10.1. The van der Waals surface area contributed by atoms with Gasteiger partial charge in [-0.2, -0.15) is 24.7 Å². The van der Waals surface area contributed by atoms with Crippen LogP contribution in [0.15, 0.2) is 18.7 Å². The van der Waals surface area contributed by atoms with E-state index in [-0.39, 0.29) is 0 Å². The van der Waals surface area contributed by atoms with Gasteiger partial charge in [-0.1, -0.05) is 0 Å². The lowest BCUT2D eigenvalue weighted by molar-refractivity contribution is 0.677. The first-order valence-electron chi connectivity index (χ1n) is 5.89. The molecule has 0 saturated heterocycles. The average molecular weight is 254 g/mol. The molecule has 4 heterocycles. The molecule has 0 unspecified atom stereocenters. The Hall–Kier alpha value is -2.77. The second-order valence-corrected chi connectivity index (χ2v) is 4.19. The highest BCUT2D eigenvalue weighted by molar-refractivity contribution is 6.05. The lowest BCUT2D eigenvalue weighted by atomic mass is 10.2. The van der Waals surface area contributed by atoms with Crippen molar-refractivity contribution in [3.05, 3.63) is 18.7 Å². The summed E-state index contributed by atoms with van der Waals surface area (Å²) in [5.74, 6) is 0.871. The number of fused-ring (bicyclic) bond motifs is 5. The molecule has 4 aromatic heterocycles. The van der Waals surface area contributed by atoms with Gasteiger partial charge in [0.1, 0.15) is 12.1 Å². The Morgan fingerprint density at radius 1 is 1.16 bits per heavy atom. The van der Waals surface area contributed by atoms with Crippen molar-refractivity contribution < 1.29 is 0 Å². The molecule has 0 fully saturated rings. The number of rotatable bonds is 1. The quantitative estimate of drug-likeness (QED) is 0.534. The smallest absolute Gasteiger partial charge is 0.254 e.